The zero-order chi connectivity index (χ0) is 14.2. The molecule has 1 heterocycles. The summed E-state index contributed by atoms with van der Waals surface area (Å²) in [5, 5.41) is 9.90. The first kappa shape index (κ1) is 14.6. The largest absolute Gasteiger partial charge is 0.507 e. The molecule has 3 unspecified atom stereocenters. The van der Waals surface area contributed by atoms with Crippen molar-refractivity contribution in [1.29, 1.82) is 0 Å². The van der Waals surface area contributed by atoms with Crippen molar-refractivity contribution in [1.82, 2.24) is 4.90 Å². The standard InChI is InChI=1S/C15H20INO2/c1-9-6-10(2)11(3)17(8-9)15(19)13-7-12(16)4-5-14(13)18/h4-5,7,9-11,18H,6,8H2,1-3H3. The van der Waals surface area contributed by atoms with Crippen LogP contribution in [-0.4, -0.2) is 28.5 Å². The Morgan fingerprint density at radius 1 is 1.37 bits per heavy atom. The van der Waals surface area contributed by atoms with E-state index in [0.717, 1.165) is 16.5 Å². The number of nitrogens with zero attached hydrogens (tertiary/aromatic N) is 1. The molecule has 0 aromatic heterocycles. The predicted molar refractivity (Wildman–Crippen MR) is 84.3 cm³/mol. The van der Waals surface area contributed by atoms with Gasteiger partial charge in [-0.2, -0.15) is 0 Å². The molecule has 1 aromatic rings. The number of hydrogen-bond acceptors (Lipinski definition) is 2. The Labute approximate surface area is 128 Å². The highest BCUT2D eigenvalue weighted by molar-refractivity contribution is 14.1. The number of phenolic OH excluding ortho intramolecular Hbond substituents is 1. The number of rotatable bonds is 1. The van der Waals surface area contributed by atoms with E-state index in [9.17, 15) is 9.90 Å². The van der Waals surface area contributed by atoms with E-state index in [4.69, 9.17) is 0 Å². The summed E-state index contributed by atoms with van der Waals surface area (Å²) in [5.74, 6) is 1.03. The van der Waals surface area contributed by atoms with Gasteiger partial charge in [-0.25, -0.2) is 0 Å². The lowest BCUT2D eigenvalue weighted by Crippen LogP contribution is -2.48. The Kier molecular flexibility index (Phi) is 4.38. The van der Waals surface area contributed by atoms with Crippen molar-refractivity contribution in [2.45, 2.75) is 33.2 Å². The molecule has 1 aliphatic heterocycles. The monoisotopic (exact) mass is 373 g/mol. The zero-order valence-electron chi connectivity index (χ0n) is 11.6. The van der Waals surface area contributed by atoms with Crippen LogP contribution in [0.1, 0.15) is 37.6 Å². The van der Waals surface area contributed by atoms with Crippen molar-refractivity contribution in [3.05, 3.63) is 27.3 Å². The predicted octanol–water partition coefficient (Wildman–Crippen LogP) is 3.50. The third kappa shape index (κ3) is 3.04. The summed E-state index contributed by atoms with van der Waals surface area (Å²) in [6, 6.07) is 5.38. The first-order valence-corrected chi connectivity index (χ1v) is 7.77. The van der Waals surface area contributed by atoms with Crippen molar-refractivity contribution in [2.75, 3.05) is 6.54 Å². The fourth-order valence-corrected chi connectivity index (χ4v) is 3.31. The van der Waals surface area contributed by atoms with E-state index in [1.165, 1.54) is 0 Å². The van der Waals surface area contributed by atoms with Gasteiger partial charge in [-0.15, -0.1) is 0 Å². The van der Waals surface area contributed by atoms with Crippen molar-refractivity contribution < 1.29 is 9.90 Å². The Balaban J connectivity index is 2.30. The second-order valence-electron chi connectivity index (χ2n) is 5.68. The summed E-state index contributed by atoms with van der Waals surface area (Å²) in [6.07, 6.45) is 1.16. The number of phenols is 1. The molecule has 0 spiro atoms. The molecule has 3 atom stereocenters. The molecule has 0 radical (unpaired) electrons. The van der Waals surface area contributed by atoms with Crippen LogP contribution in [0, 0.1) is 15.4 Å². The number of likely N-dealkylation sites (tertiary alicyclic amines) is 1. The molecule has 19 heavy (non-hydrogen) atoms. The number of amides is 1. The molecule has 1 aromatic carbocycles. The molecule has 1 N–H and O–H groups in total. The summed E-state index contributed by atoms with van der Waals surface area (Å²) >= 11 is 2.16. The third-order valence-corrected chi connectivity index (χ3v) is 4.72. The summed E-state index contributed by atoms with van der Waals surface area (Å²) in [4.78, 5) is 14.5. The molecule has 104 valence electrons. The van der Waals surface area contributed by atoms with Gasteiger partial charge < -0.3 is 10.0 Å². The van der Waals surface area contributed by atoms with Crippen LogP contribution >= 0.6 is 22.6 Å². The minimum atomic E-state index is -0.0538. The molecular formula is C15H20INO2. The van der Waals surface area contributed by atoms with Crippen molar-refractivity contribution in [3.8, 4) is 5.75 Å². The van der Waals surface area contributed by atoms with Gasteiger partial charge in [-0.05, 0) is 66.0 Å². The highest BCUT2D eigenvalue weighted by Crippen LogP contribution is 2.30. The minimum Gasteiger partial charge on any atom is -0.507 e. The molecule has 0 aliphatic carbocycles. The number of aromatic hydroxyl groups is 1. The van der Waals surface area contributed by atoms with Gasteiger partial charge in [-0.1, -0.05) is 13.8 Å². The summed E-state index contributed by atoms with van der Waals surface area (Å²) in [6.45, 7) is 7.24. The molecular weight excluding hydrogens is 353 g/mol. The van der Waals surface area contributed by atoms with Gasteiger partial charge >= 0.3 is 0 Å². The quantitative estimate of drug-likeness (QED) is 0.766. The Hall–Kier alpha value is -0.780. The van der Waals surface area contributed by atoms with E-state index in [0.29, 0.717) is 17.4 Å². The van der Waals surface area contributed by atoms with Crippen molar-refractivity contribution in [2.24, 2.45) is 11.8 Å². The first-order valence-electron chi connectivity index (χ1n) is 6.69. The smallest absolute Gasteiger partial charge is 0.257 e. The van der Waals surface area contributed by atoms with Crippen LogP contribution in [0.15, 0.2) is 18.2 Å². The lowest BCUT2D eigenvalue weighted by Gasteiger charge is -2.41. The van der Waals surface area contributed by atoms with Crippen molar-refractivity contribution in [3.63, 3.8) is 0 Å². The normalized spacial score (nSPS) is 27.4. The van der Waals surface area contributed by atoms with Crippen LogP contribution in [0.3, 0.4) is 0 Å². The zero-order valence-corrected chi connectivity index (χ0v) is 13.7. The van der Waals surface area contributed by atoms with Gasteiger partial charge in [0.25, 0.3) is 5.91 Å². The Morgan fingerprint density at radius 3 is 2.74 bits per heavy atom. The number of carbonyl (C=O) groups is 1. The lowest BCUT2D eigenvalue weighted by atomic mass is 9.85. The van der Waals surface area contributed by atoms with Crippen LogP contribution in [0.25, 0.3) is 0 Å². The molecule has 3 nitrogen and oxygen atoms in total. The maximum atomic E-state index is 12.6. The number of halogens is 1. The maximum Gasteiger partial charge on any atom is 0.257 e. The molecule has 0 saturated carbocycles. The average molecular weight is 373 g/mol. The molecule has 0 bridgehead atoms. The van der Waals surface area contributed by atoms with E-state index in [1.807, 2.05) is 4.90 Å². The number of benzene rings is 1. The summed E-state index contributed by atoms with van der Waals surface area (Å²) in [5.41, 5.74) is 0.417. The molecule has 1 aliphatic rings. The van der Waals surface area contributed by atoms with Gasteiger partial charge in [-0.3, -0.25) is 4.79 Å². The molecule has 2 rings (SSSR count). The SMILES string of the molecule is CC1CC(C)C(C)N(C(=O)c2cc(I)ccc2O)C1. The Morgan fingerprint density at radius 2 is 2.05 bits per heavy atom. The fraction of sp³-hybridized carbons (Fsp3) is 0.533. The van der Waals surface area contributed by atoms with Crippen LogP contribution in [-0.2, 0) is 0 Å². The number of piperidine rings is 1. The van der Waals surface area contributed by atoms with E-state index < -0.39 is 0 Å². The van der Waals surface area contributed by atoms with E-state index in [-0.39, 0.29) is 17.7 Å². The van der Waals surface area contributed by atoms with Gasteiger partial charge in [0, 0.05) is 16.2 Å². The maximum absolute atomic E-state index is 12.6. The van der Waals surface area contributed by atoms with E-state index >= 15 is 0 Å². The fourth-order valence-electron chi connectivity index (χ4n) is 2.82. The van der Waals surface area contributed by atoms with E-state index in [2.05, 4.69) is 43.4 Å². The highest BCUT2D eigenvalue weighted by Gasteiger charge is 2.33. The minimum absolute atomic E-state index is 0.0538. The van der Waals surface area contributed by atoms with Crippen LogP contribution in [0.2, 0.25) is 0 Å². The summed E-state index contributed by atoms with van der Waals surface area (Å²) in [7, 11) is 0. The highest BCUT2D eigenvalue weighted by atomic mass is 127. The van der Waals surface area contributed by atoms with Crippen LogP contribution < -0.4 is 0 Å². The van der Waals surface area contributed by atoms with Gasteiger partial charge in [0.15, 0.2) is 0 Å². The Bertz CT molecular complexity index is 489. The topological polar surface area (TPSA) is 40.5 Å². The average Bonchev–Trinajstić information content (AvgIpc) is 2.36. The lowest BCUT2D eigenvalue weighted by molar-refractivity contribution is 0.0453. The van der Waals surface area contributed by atoms with E-state index in [1.54, 1.807) is 18.2 Å². The third-order valence-electron chi connectivity index (χ3n) is 4.05. The first-order chi connectivity index (χ1) is 8.90. The number of carbonyl (C=O) groups excluding carboxylic acids is 1. The van der Waals surface area contributed by atoms with Crippen molar-refractivity contribution >= 4 is 28.5 Å². The second kappa shape index (κ2) is 5.69. The molecule has 1 fully saturated rings. The van der Waals surface area contributed by atoms with Crippen LogP contribution in [0.4, 0.5) is 0 Å². The van der Waals surface area contributed by atoms with Gasteiger partial charge in [0.05, 0.1) is 5.56 Å². The van der Waals surface area contributed by atoms with Crippen LogP contribution in [0.5, 0.6) is 5.75 Å². The molecule has 1 amide bonds. The number of hydrogen-bond donors (Lipinski definition) is 1. The summed E-state index contributed by atoms with van der Waals surface area (Å²) < 4.78 is 0.963. The van der Waals surface area contributed by atoms with Gasteiger partial charge in [0.2, 0.25) is 0 Å². The second-order valence-corrected chi connectivity index (χ2v) is 6.92. The van der Waals surface area contributed by atoms with Gasteiger partial charge in [0.1, 0.15) is 5.75 Å². The molecule has 4 heteroatoms. The molecule has 1 saturated heterocycles.